The number of nitrogens with one attached hydrogen (secondary N) is 1. The Morgan fingerprint density at radius 3 is 3.25 bits per heavy atom. The largest absolute Gasteiger partial charge is 0.312 e. The summed E-state index contributed by atoms with van der Waals surface area (Å²) in [4.78, 5) is 8.81. The molecule has 1 N–H and O–H groups in total. The van der Waals surface area contributed by atoms with E-state index >= 15 is 0 Å². The van der Waals surface area contributed by atoms with Crippen molar-refractivity contribution < 1.29 is 0 Å². The lowest BCUT2D eigenvalue weighted by molar-refractivity contribution is 0.591. The number of aliphatic imine (C=N–C) groups is 2. The van der Waals surface area contributed by atoms with Gasteiger partial charge in [0.1, 0.15) is 0 Å². The summed E-state index contributed by atoms with van der Waals surface area (Å²) in [6, 6.07) is 0. The first-order chi connectivity index (χ1) is 7.83. The summed E-state index contributed by atoms with van der Waals surface area (Å²) < 4.78 is 0. The van der Waals surface area contributed by atoms with Crippen LogP contribution in [0.3, 0.4) is 0 Å². The molecule has 0 aliphatic carbocycles. The molecule has 3 heteroatoms. The van der Waals surface area contributed by atoms with Crippen LogP contribution in [0.15, 0.2) is 45.6 Å². The normalized spacial score (nSPS) is 27.9. The van der Waals surface area contributed by atoms with E-state index < -0.39 is 0 Å². The molecule has 0 aromatic carbocycles. The minimum atomic E-state index is 0.578. The molecular formula is C13H14N3. The van der Waals surface area contributed by atoms with Crippen molar-refractivity contribution in [3.63, 3.8) is 0 Å². The lowest BCUT2D eigenvalue weighted by atomic mass is 9.96. The van der Waals surface area contributed by atoms with Crippen LogP contribution in [0, 0.1) is 12.3 Å². The van der Waals surface area contributed by atoms with E-state index in [0.29, 0.717) is 5.92 Å². The second-order valence-electron chi connectivity index (χ2n) is 4.35. The lowest BCUT2D eigenvalue weighted by Gasteiger charge is -2.21. The van der Waals surface area contributed by atoms with Gasteiger partial charge in [0, 0.05) is 31.3 Å². The molecule has 3 nitrogen and oxygen atoms in total. The number of hydrogen-bond acceptors (Lipinski definition) is 3. The quantitative estimate of drug-likeness (QED) is 0.705. The maximum atomic E-state index is 4.57. The van der Waals surface area contributed by atoms with Gasteiger partial charge in [0.15, 0.2) is 5.84 Å². The first-order valence-electron chi connectivity index (χ1n) is 5.63. The van der Waals surface area contributed by atoms with Crippen molar-refractivity contribution in [3.05, 3.63) is 42.0 Å². The van der Waals surface area contributed by atoms with E-state index in [0.717, 1.165) is 30.2 Å². The Labute approximate surface area is 95.4 Å². The molecule has 0 fully saturated rings. The Kier molecular flexibility index (Phi) is 2.33. The molecule has 0 unspecified atom stereocenters. The number of amidine groups is 1. The molecule has 1 atom stereocenters. The number of dihydropyridines is 1. The second-order valence-corrected chi connectivity index (χ2v) is 4.35. The fourth-order valence-corrected chi connectivity index (χ4v) is 2.13. The highest BCUT2D eigenvalue weighted by molar-refractivity contribution is 6.21. The van der Waals surface area contributed by atoms with Crippen LogP contribution >= 0.6 is 0 Å². The van der Waals surface area contributed by atoms with E-state index in [1.165, 1.54) is 5.57 Å². The summed E-state index contributed by atoms with van der Waals surface area (Å²) in [5.41, 5.74) is 3.44. The van der Waals surface area contributed by atoms with Crippen LogP contribution in [0.1, 0.15) is 6.92 Å². The standard InChI is InChI=1S/C13H14N3/c1-9-6-11(8-14-7-9)12-3-2-10-4-5-15-13(10)16-12/h2-6,9,14H,7-8H2,1H3/t9-/m1/s1. The van der Waals surface area contributed by atoms with Crippen molar-refractivity contribution in [2.45, 2.75) is 6.92 Å². The Morgan fingerprint density at radius 1 is 1.44 bits per heavy atom. The monoisotopic (exact) mass is 212 g/mol. The van der Waals surface area contributed by atoms with Crippen molar-refractivity contribution in [1.82, 2.24) is 5.32 Å². The summed E-state index contributed by atoms with van der Waals surface area (Å²) in [5.74, 6) is 1.42. The summed E-state index contributed by atoms with van der Waals surface area (Å²) >= 11 is 0. The van der Waals surface area contributed by atoms with Gasteiger partial charge in [-0.2, -0.15) is 0 Å². The number of rotatable bonds is 1. The van der Waals surface area contributed by atoms with Gasteiger partial charge < -0.3 is 5.32 Å². The van der Waals surface area contributed by atoms with Gasteiger partial charge in [0.25, 0.3) is 0 Å². The molecule has 0 amide bonds. The van der Waals surface area contributed by atoms with Crippen LogP contribution in [0.5, 0.6) is 0 Å². The van der Waals surface area contributed by atoms with E-state index in [2.05, 4.69) is 40.8 Å². The Morgan fingerprint density at radius 2 is 2.38 bits per heavy atom. The Bertz CT molecular complexity index is 464. The molecule has 3 aliphatic rings. The lowest BCUT2D eigenvalue weighted by Crippen LogP contribution is -2.31. The highest BCUT2D eigenvalue weighted by atomic mass is 14.9. The topological polar surface area (TPSA) is 36.8 Å². The molecule has 3 aliphatic heterocycles. The zero-order valence-corrected chi connectivity index (χ0v) is 9.27. The van der Waals surface area contributed by atoms with Gasteiger partial charge in [-0.15, -0.1) is 0 Å². The van der Waals surface area contributed by atoms with E-state index in [-0.39, 0.29) is 0 Å². The highest BCUT2D eigenvalue weighted by Crippen LogP contribution is 2.20. The van der Waals surface area contributed by atoms with E-state index in [9.17, 15) is 0 Å². The van der Waals surface area contributed by atoms with Gasteiger partial charge in [0.2, 0.25) is 0 Å². The first-order valence-corrected chi connectivity index (χ1v) is 5.63. The molecule has 1 radical (unpaired) electrons. The van der Waals surface area contributed by atoms with Crippen LogP contribution in [0.25, 0.3) is 0 Å². The van der Waals surface area contributed by atoms with Crippen LogP contribution < -0.4 is 5.32 Å². The minimum Gasteiger partial charge on any atom is -0.312 e. The molecule has 16 heavy (non-hydrogen) atoms. The average molecular weight is 212 g/mol. The van der Waals surface area contributed by atoms with Gasteiger partial charge in [-0.3, -0.25) is 0 Å². The highest BCUT2D eigenvalue weighted by Gasteiger charge is 2.19. The first kappa shape index (κ1) is 9.73. The predicted molar refractivity (Wildman–Crippen MR) is 66.5 cm³/mol. The van der Waals surface area contributed by atoms with Gasteiger partial charge in [-0.25, -0.2) is 9.98 Å². The minimum absolute atomic E-state index is 0.578. The molecule has 0 saturated carbocycles. The fraction of sp³-hybridized carbons (Fsp3) is 0.308. The average Bonchev–Trinajstić information content (AvgIpc) is 2.75. The number of allylic oxidation sites excluding steroid dienone is 1. The molecule has 3 heterocycles. The van der Waals surface area contributed by atoms with Crippen molar-refractivity contribution in [1.29, 1.82) is 0 Å². The zero-order chi connectivity index (χ0) is 11.0. The van der Waals surface area contributed by atoms with Crippen LogP contribution in [-0.2, 0) is 0 Å². The van der Waals surface area contributed by atoms with Gasteiger partial charge in [-0.05, 0) is 17.6 Å². The molecule has 0 aromatic heterocycles. The van der Waals surface area contributed by atoms with E-state index in [1.54, 1.807) is 6.20 Å². The number of hydrogen-bond donors (Lipinski definition) is 1. The van der Waals surface area contributed by atoms with Crippen LogP contribution in [0.4, 0.5) is 0 Å². The third kappa shape index (κ3) is 1.67. The third-order valence-corrected chi connectivity index (χ3v) is 2.95. The molecule has 81 valence electrons. The predicted octanol–water partition coefficient (Wildman–Crippen LogP) is 1.66. The zero-order valence-electron chi connectivity index (χ0n) is 9.27. The van der Waals surface area contributed by atoms with Crippen molar-refractivity contribution in [2.75, 3.05) is 13.1 Å². The van der Waals surface area contributed by atoms with Crippen molar-refractivity contribution >= 4 is 11.5 Å². The summed E-state index contributed by atoms with van der Waals surface area (Å²) in [6.45, 7) is 4.18. The van der Waals surface area contributed by atoms with E-state index in [4.69, 9.17) is 0 Å². The van der Waals surface area contributed by atoms with Gasteiger partial charge >= 0.3 is 0 Å². The molecule has 0 saturated heterocycles. The number of fused-ring (bicyclic) bond motifs is 1. The summed E-state index contributed by atoms with van der Waals surface area (Å²) in [5, 5.41) is 3.40. The molecule has 0 spiro atoms. The van der Waals surface area contributed by atoms with Crippen molar-refractivity contribution in [3.8, 4) is 0 Å². The SMILES string of the molecule is C[C@@H]1C=C(C2=NC3=NC=CC3=C[CH]2)CNC1. The van der Waals surface area contributed by atoms with Crippen LogP contribution in [0.2, 0.25) is 0 Å². The van der Waals surface area contributed by atoms with E-state index in [1.807, 2.05) is 6.08 Å². The summed E-state index contributed by atoms with van der Waals surface area (Å²) in [6.07, 6.45) is 10.3. The van der Waals surface area contributed by atoms with Gasteiger partial charge in [-0.1, -0.05) is 19.1 Å². The molecule has 0 aromatic rings. The van der Waals surface area contributed by atoms with Crippen molar-refractivity contribution in [2.24, 2.45) is 15.9 Å². The molecular weight excluding hydrogens is 198 g/mol. The maximum absolute atomic E-state index is 4.57. The third-order valence-electron chi connectivity index (χ3n) is 2.95. The number of nitrogens with zero attached hydrogens (tertiary/aromatic N) is 2. The maximum Gasteiger partial charge on any atom is 0.159 e. The Hall–Kier alpha value is -1.48. The fourth-order valence-electron chi connectivity index (χ4n) is 2.13. The second kappa shape index (κ2) is 3.83. The smallest absolute Gasteiger partial charge is 0.159 e. The summed E-state index contributed by atoms with van der Waals surface area (Å²) in [7, 11) is 0. The molecule has 3 rings (SSSR count). The van der Waals surface area contributed by atoms with Gasteiger partial charge in [0.05, 0.1) is 5.71 Å². The molecule has 0 bridgehead atoms. The van der Waals surface area contributed by atoms with Crippen LogP contribution in [-0.4, -0.2) is 24.6 Å². The Balaban J connectivity index is 1.87.